The Morgan fingerprint density at radius 2 is 1.70 bits per heavy atom. The minimum atomic E-state index is -1.12. The monoisotopic (exact) mass is 634 g/mol. The predicted octanol–water partition coefficient (Wildman–Crippen LogP) is 3.16. The van der Waals surface area contributed by atoms with E-state index in [9.17, 15) is 24.6 Å². The number of aromatic nitrogens is 1. The van der Waals surface area contributed by atoms with Crippen molar-refractivity contribution in [1.82, 2.24) is 20.5 Å². The Balaban J connectivity index is 1.49. The smallest absolute Gasteiger partial charge is 0.243 e. The van der Waals surface area contributed by atoms with Crippen molar-refractivity contribution in [1.29, 1.82) is 0 Å². The summed E-state index contributed by atoms with van der Waals surface area (Å²) >= 11 is 1.42. The number of morpholine rings is 1. The van der Waals surface area contributed by atoms with Crippen LogP contribution in [-0.2, 0) is 25.5 Å². The Morgan fingerprint density at radius 3 is 2.32 bits per heavy atom. The minimum Gasteiger partial charge on any atom is -0.390 e. The molecule has 10 nitrogen and oxygen atoms in total. The molecule has 2 aliphatic carbocycles. The van der Waals surface area contributed by atoms with Gasteiger partial charge < -0.3 is 30.5 Å². The van der Waals surface area contributed by atoms with E-state index in [2.05, 4.69) is 29.5 Å². The van der Waals surface area contributed by atoms with Crippen LogP contribution in [0.3, 0.4) is 0 Å². The third-order valence-corrected chi connectivity index (χ3v) is 10.1. The van der Waals surface area contributed by atoms with Gasteiger partial charge in [-0.25, -0.2) is 4.98 Å². The predicted molar refractivity (Wildman–Crippen MR) is 170 cm³/mol. The lowest BCUT2D eigenvalue weighted by atomic mass is 9.82. The molecule has 0 radical (unpaired) electrons. The van der Waals surface area contributed by atoms with Gasteiger partial charge in [-0.2, -0.15) is 0 Å². The Morgan fingerprint density at radius 1 is 1.00 bits per heavy atom. The van der Waals surface area contributed by atoms with E-state index in [4.69, 9.17) is 4.74 Å². The highest BCUT2D eigenvalue weighted by molar-refractivity contribution is 7.07. The normalized spacial score (nSPS) is 25.4. The molecule has 0 unspecified atom stereocenters. The second kappa shape index (κ2) is 16.5. The average molecular weight is 635 g/mol. The number of rotatable bonds is 15. The lowest BCUT2D eigenvalue weighted by molar-refractivity contribution is -0.138. The number of ether oxygens (including phenoxy) is 1. The quantitative estimate of drug-likeness (QED) is 0.232. The highest BCUT2D eigenvalue weighted by Crippen LogP contribution is 2.51. The van der Waals surface area contributed by atoms with Gasteiger partial charge in [-0.05, 0) is 42.9 Å². The number of hydrogen-bond donors (Lipinski definition) is 4. The molecular formula is C33H54N4O6S. The molecule has 4 N–H and O–H groups in total. The van der Waals surface area contributed by atoms with Crippen molar-refractivity contribution in [3.8, 4) is 0 Å². The molecule has 248 valence electrons. The summed E-state index contributed by atoms with van der Waals surface area (Å²) in [6.45, 7) is 10.2. The van der Waals surface area contributed by atoms with Gasteiger partial charge in [0.2, 0.25) is 17.7 Å². The molecule has 7 atom stereocenters. The Labute approximate surface area is 266 Å². The molecule has 1 aliphatic heterocycles. The van der Waals surface area contributed by atoms with Crippen molar-refractivity contribution in [3.63, 3.8) is 0 Å². The molecule has 0 aromatic carbocycles. The highest BCUT2D eigenvalue weighted by Gasteiger charge is 2.59. The van der Waals surface area contributed by atoms with Crippen molar-refractivity contribution >= 4 is 29.1 Å². The van der Waals surface area contributed by atoms with Crippen LogP contribution >= 0.6 is 11.3 Å². The number of carbonyl (C=O) groups excluding carboxylic acids is 3. The molecule has 3 fully saturated rings. The van der Waals surface area contributed by atoms with Crippen LogP contribution in [0.2, 0.25) is 0 Å². The lowest BCUT2D eigenvalue weighted by Gasteiger charge is -2.33. The van der Waals surface area contributed by atoms with Crippen LogP contribution in [0.1, 0.15) is 84.8 Å². The molecule has 11 heteroatoms. The summed E-state index contributed by atoms with van der Waals surface area (Å²) in [5.74, 6) is -0.784. The SMILES string of the molecule is CC(C)C[C@@H]1[C@H](C(=O)N[C@@H](Cc2cscn2)C(=O)N[C@@H](CC2CCCCC2)[C@@H](O)[C@@H](O)CC(C)C)[C@H]1C(=O)N1CCOCC1. The van der Waals surface area contributed by atoms with E-state index in [1.807, 2.05) is 19.2 Å². The molecular weight excluding hydrogens is 580 g/mol. The Bertz CT molecular complexity index is 1060. The molecule has 2 saturated carbocycles. The van der Waals surface area contributed by atoms with Crippen molar-refractivity contribution in [3.05, 3.63) is 16.6 Å². The van der Waals surface area contributed by atoms with Crippen molar-refractivity contribution in [2.24, 2.45) is 35.5 Å². The zero-order valence-corrected chi connectivity index (χ0v) is 27.8. The first kappa shape index (κ1) is 34.8. The summed E-state index contributed by atoms with van der Waals surface area (Å²) in [5.41, 5.74) is 2.39. The molecule has 0 bridgehead atoms. The summed E-state index contributed by atoms with van der Waals surface area (Å²) < 4.78 is 5.42. The maximum absolute atomic E-state index is 13.9. The second-order valence-corrected chi connectivity index (χ2v) is 14.8. The van der Waals surface area contributed by atoms with Crippen LogP contribution < -0.4 is 10.6 Å². The highest BCUT2D eigenvalue weighted by atomic mass is 32.1. The van der Waals surface area contributed by atoms with Crippen LogP contribution in [-0.4, -0.2) is 88.4 Å². The number of nitrogens with zero attached hydrogens (tertiary/aromatic N) is 2. The van der Waals surface area contributed by atoms with Crippen LogP contribution in [0.15, 0.2) is 10.9 Å². The number of amides is 3. The van der Waals surface area contributed by atoms with Gasteiger partial charge >= 0.3 is 0 Å². The second-order valence-electron chi connectivity index (χ2n) is 14.1. The standard InChI is InChI=1S/C33H54N4O6S/c1-20(2)14-24-28(29(24)33(42)37-10-12-43-13-11-37)32(41)36-26(17-23-18-44-19-34-23)31(40)35-25(16-22-8-6-5-7-9-22)30(39)27(38)15-21(3)4/h18-22,24-30,38-39H,5-17H2,1-4H3,(H,35,40)(H,36,41)/t24-,25+,26+,27+,28+,29+,30-/m1/s1. The summed E-state index contributed by atoms with van der Waals surface area (Å²) in [5, 5.41) is 30.0. The number of aliphatic hydroxyl groups is 2. The number of thiazole rings is 1. The van der Waals surface area contributed by atoms with Gasteiger partial charge in [0.05, 0.1) is 48.4 Å². The fourth-order valence-electron chi connectivity index (χ4n) is 7.16. The first-order chi connectivity index (χ1) is 21.0. The van der Waals surface area contributed by atoms with Crippen LogP contribution in [0.5, 0.6) is 0 Å². The topological polar surface area (TPSA) is 141 Å². The first-order valence-electron chi connectivity index (χ1n) is 16.8. The van der Waals surface area contributed by atoms with E-state index in [0.29, 0.717) is 56.7 Å². The van der Waals surface area contributed by atoms with Gasteiger partial charge in [-0.15, -0.1) is 11.3 Å². The van der Waals surface area contributed by atoms with E-state index in [1.54, 1.807) is 10.4 Å². The molecule has 0 spiro atoms. The zero-order chi connectivity index (χ0) is 31.8. The average Bonchev–Trinajstić information content (AvgIpc) is 3.44. The summed E-state index contributed by atoms with van der Waals surface area (Å²) in [7, 11) is 0. The van der Waals surface area contributed by atoms with Gasteiger partial charge in [0.15, 0.2) is 0 Å². The fourth-order valence-corrected chi connectivity index (χ4v) is 7.74. The van der Waals surface area contributed by atoms with E-state index < -0.39 is 42.0 Å². The fraction of sp³-hybridized carbons (Fsp3) is 0.818. The summed E-state index contributed by atoms with van der Waals surface area (Å²) in [6.07, 6.45) is 5.40. The number of aliphatic hydroxyl groups excluding tert-OH is 2. The van der Waals surface area contributed by atoms with Crippen molar-refractivity contribution in [2.45, 2.75) is 110 Å². The van der Waals surface area contributed by atoms with E-state index >= 15 is 0 Å². The van der Waals surface area contributed by atoms with E-state index in [-0.39, 0.29) is 30.1 Å². The maximum Gasteiger partial charge on any atom is 0.243 e. The first-order valence-corrected chi connectivity index (χ1v) is 17.7. The Kier molecular flexibility index (Phi) is 13.0. The van der Waals surface area contributed by atoms with Gasteiger partial charge in [0.1, 0.15) is 12.1 Å². The van der Waals surface area contributed by atoms with Gasteiger partial charge in [0.25, 0.3) is 0 Å². The zero-order valence-electron chi connectivity index (χ0n) is 27.0. The Hall–Kier alpha value is -2.08. The minimum absolute atomic E-state index is 0.00517. The number of hydrogen-bond acceptors (Lipinski definition) is 8. The third-order valence-electron chi connectivity index (χ3n) is 9.51. The third kappa shape index (κ3) is 9.71. The molecule has 1 aromatic heterocycles. The van der Waals surface area contributed by atoms with Crippen molar-refractivity contribution < 1.29 is 29.3 Å². The number of carbonyl (C=O) groups is 3. The molecule has 3 amide bonds. The molecule has 1 saturated heterocycles. The molecule has 1 aromatic rings. The number of nitrogens with one attached hydrogen (secondary N) is 2. The molecule has 3 aliphatic rings. The van der Waals surface area contributed by atoms with Crippen LogP contribution in [0, 0.1) is 35.5 Å². The van der Waals surface area contributed by atoms with E-state index in [0.717, 1.165) is 32.1 Å². The van der Waals surface area contributed by atoms with Crippen LogP contribution in [0.25, 0.3) is 0 Å². The maximum atomic E-state index is 13.9. The van der Waals surface area contributed by atoms with E-state index in [1.165, 1.54) is 17.8 Å². The molecule has 2 heterocycles. The van der Waals surface area contributed by atoms with Crippen LogP contribution in [0.4, 0.5) is 0 Å². The summed E-state index contributed by atoms with van der Waals surface area (Å²) in [4.78, 5) is 47.4. The molecule has 44 heavy (non-hydrogen) atoms. The van der Waals surface area contributed by atoms with Gasteiger partial charge in [-0.1, -0.05) is 59.8 Å². The lowest BCUT2D eigenvalue weighted by Crippen LogP contribution is -2.56. The van der Waals surface area contributed by atoms with Gasteiger partial charge in [0, 0.05) is 24.9 Å². The van der Waals surface area contributed by atoms with Crippen molar-refractivity contribution in [2.75, 3.05) is 26.3 Å². The van der Waals surface area contributed by atoms with Gasteiger partial charge in [-0.3, -0.25) is 14.4 Å². The largest absolute Gasteiger partial charge is 0.390 e. The molecule has 4 rings (SSSR count). The summed E-state index contributed by atoms with van der Waals surface area (Å²) in [6, 6.07) is -1.56.